The maximum atomic E-state index is 13.2. The van der Waals surface area contributed by atoms with Crippen molar-refractivity contribution in [3.8, 4) is 0 Å². The molecule has 47 heavy (non-hydrogen) atoms. The SMILES string of the molecule is C=C(C)[C@@H]1CC[C@]2(CC(=O)NCCO)CC[C@@]3(C)[C@]4(C)CC[C@H]5C(C)(C)[C@@H](OC(=O)CC(C)(C)C(=O)O)CC[C@]5(C)[C@H]4CC[C@]3(N)[C@@H]12. The first-order chi connectivity index (χ1) is 21.6. The number of carboxylic acid groups (broad SMARTS) is 1. The summed E-state index contributed by atoms with van der Waals surface area (Å²) in [6.07, 6.45) is 9.96. The molecule has 266 valence electrons. The van der Waals surface area contributed by atoms with Crippen molar-refractivity contribution in [3.63, 3.8) is 0 Å². The summed E-state index contributed by atoms with van der Waals surface area (Å²) in [6, 6.07) is 0. The van der Waals surface area contributed by atoms with Crippen LogP contribution in [0.15, 0.2) is 12.2 Å². The largest absolute Gasteiger partial charge is 0.481 e. The quantitative estimate of drug-likeness (QED) is 0.161. The molecule has 5 fully saturated rings. The minimum Gasteiger partial charge on any atom is -0.481 e. The predicted octanol–water partition coefficient (Wildman–Crippen LogP) is 6.64. The molecule has 5 N–H and O–H groups in total. The van der Waals surface area contributed by atoms with Crippen molar-refractivity contribution >= 4 is 17.8 Å². The van der Waals surface area contributed by atoms with Gasteiger partial charge in [-0.2, -0.15) is 0 Å². The van der Waals surface area contributed by atoms with Gasteiger partial charge in [-0.25, -0.2) is 0 Å². The second kappa shape index (κ2) is 11.8. The molecule has 0 aliphatic heterocycles. The maximum absolute atomic E-state index is 13.2. The lowest BCUT2D eigenvalue weighted by Gasteiger charge is -2.75. The Bertz CT molecular complexity index is 1290. The third kappa shape index (κ3) is 5.32. The highest BCUT2D eigenvalue weighted by molar-refractivity contribution is 5.81. The van der Waals surface area contributed by atoms with Gasteiger partial charge in [0.2, 0.25) is 5.91 Å². The highest BCUT2D eigenvalue weighted by Gasteiger charge is 2.75. The van der Waals surface area contributed by atoms with E-state index in [1.54, 1.807) is 13.8 Å². The molecular weight excluding hydrogens is 592 g/mol. The summed E-state index contributed by atoms with van der Waals surface area (Å²) >= 11 is 0. The van der Waals surface area contributed by atoms with Crippen molar-refractivity contribution in [2.75, 3.05) is 13.2 Å². The number of carbonyl (C=O) groups is 3. The molecular formula is C39H64N2O6. The number of aliphatic carboxylic acids is 1. The minimum absolute atomic E-state index is 0.0177. The molecule has 0 aromatic carbocycles. The van der Waals surface area contributed by atoms with Crippen molar-refractivity contribution in [2.24, 2.45) is 61.9 Å². The number of allylic oxidation sites excluding steroid dienone is 1. The fourth-order valence-electron chi connectivity index (χ4n) is 13.2. The number of carboxylic acids is 1. The molecule has 0 spiro atoms. The number of hydrogen-bond donors (Lipinski definition) is 4. The van der Waals surface area contributed by atoms with Crippen LogP contribution in [0.5, 0.6) is 0 Å². The Labute approximate surface area is 283 Å². The lowest BCUT2D eigenvalue weighted by Crippen LogP contribution is -2.76. The van der Waals surface area contributed by atoms with E-state index in [-0.39, 0.29) is 64.6 Å². The first-order valence-electron chi connectivity index (χ1n) is 18.4. The molecule has 0 aromatic rings. The van der Waals surface area contributed by atoms with Crippen LogP contribution >= 0.6 is 0 Å². The summed E-state index contributed by atoms with van der Waals surface area (Å²) in [7, 11) is 0. The number of amides is 1. The fourth-order valence-corrected chi connectivity index (χ4v) is 13.2. The molecule has 5 rings (SSSR count). The van der Waals surface area contributed by atoms with Crippen LogP contribution in [0, 0.1) is 56.2 Å². The average molecular weight is 657 g/mol. The molecule has 5 aliphatic rings. The number of aliphatic hydroxyl groups excluding tert-OH is 1. The van der Waals surface area contributed by atoms with E-state index in [0.29, 0.717) is 24.2 Å². The monoisotopic (exact) mass is 656 g/mol. The molecule has 8 heteroatoms. The van der Waals surface area contributed by atoms with Gasteiger partial charge in [0.25, 0.3) is 0 Å². The molecule has 0 saturated heterocycles. The van der Waals surface area contributed by atoms with Gasteiger partial charge in [0.1, 0.15) is 6.10 Å². The van der Waals surface area contributed by atoms with Crippen LogP contribution in [0.1, 0.15) is 132 Å². The zero-order chi connectivity index (χ0) is 35.0. The lowest BCUT2D eigenvalue weighted by atomic mass is 9.30. The van der Waals surface area contributed by atoms with Crippen LogP contribution in [0.2, 0.25) is 0 Å². The summed E-state index contributed by atoms with van der Waals surface area (Å²) in [5.41, 5.74) is 7.15. The van der Waals surface area contributed by atoms with Gasteiger partial charge < -0.3 is 26.0 Å². The van der Waals surface area contributed by atoms with Gasteiger partial charge in [0, 0.05) is 23.9 Å². The molecule has 0 unspecified atom stereocenters. The summed E-state index contributed by atoms with van der Waals surface area (Å²) in [5, 5.41) is 21.9. The molecule has 5 saturated carbocycles. The Morgan fingerprint density at radius 3 is 2.21 bits per heavy atom. The van der Waals surface area contributed by atoms with Crippen LogP contribution in [-0.4, -0.2) is 52.9 Å². The third-order valence-corrected chi connectivity index (χ3v) is 15.8. The summed E-state index contributed by atoms with van der Waals surface area (Å²) in [5.74, 6) is -0.0512. The van der Waals surface area contributed by atoms with Gasteiger partial charge in [0.05, 0.1) is 18.4 Å². The van der Waals surface area contributed by atoms with Crippen LogP contribution in [0.25, 0.3) is 0 Å². The van der Waals surface area contributed by atoms with Crippen molar-refractivity contribution in [1.29, 1.82) is 0 Å². The molecule has 0 aromatic heterocycles. The van der Waals surface area contributed by atoms with Gasteiger partial charge in [-0.15, -0.1) is 0 Å². The normalized spacial score (nSPS) is 43.8. The van der Waals surface area contributed by atoms with Crippen LogP contribution in [0.3, 0.4) is 0 Å². The second-order valence-electron chi connectivity index (χ2n) is 18.8. The lowest BCUT2D eigenvalue weighted by molar-refractivity contribution is -0.256. The standard InChI is InChI=1S/C39H64N2O6/c1-24(2)25-10-16-38(22-29(43)41-20-21-42)19-18-37(9)36(8)15-11-26-34(5,6)28(47-30(44)23-33(3,4)32(45)46)13-14-35(26,7)27(36)12-17-39(37,40)31(25)38/h25-28,31,42H,1,10-23,40H2,2-9H3,(H,41,43)(H,45,46)/t25-,26-,27+,28-,31-,35-,36+,37-,38+,39-/m0/s1. The van der Waals surface area contributed by atoms with Crippen LogP contribution in [-0.2, 0) is 19.1 Å². The zero-order valence-electron chi connectivity index (χ0n) is 30.6. The molecule has 1 amide bonds. The Kier molecular flexibility index (Phi) is 9.16. The molecule has 0 heterocycles. The third-order valence-electron chi connectivity index (χ3n) is 15.8. The number of hydrogen-bond acceptors (Lipinski definition) is 6. The smallest absolute Gasteiger partial charge is 0.309 e. The van der Waals surface area contributed by atoms with Gasteiger partial charge in [-0.3, -0.25) is 14.4 Å². The second-order valence-corrected chi connectivity index (χ2v) is 18.8. The van der Waals surface area contributed by atoms with Crippen LogP contribution in [0.4, 0.5) is 0 Å². The van der Waals surface area contributed by atoms with Gasteiger partial charge in [-0.05, 0) is 130 Å². The first-order valence-corrected chi connectivity index (χ1v) is 18.4. The predicted molar refractivity (Wildman–Crippen MR) is 183 cm³/mol. The Hall–Kier alpha value is -1.93. The van der Waals surface area contributed by atoms with E-state index in [2.05, 4.69) is 53.4 Å². The number of ether oxygens (including phenoxy) is 1. The Morgan fingerprint density at radius 2 is 1.60 bits per heavy atom. The highest BCUT2D eigenvalue weighted by Crippen LogP contribution is 2.78. The zero-order valence-corrected chi connectivity index (χ0v) is 30.6. The number of rotatable bonds is 9. The Morgan fingerprint density at radius 1 is 0.936 bits per heavy atom. The van der Waals surface area contributed by atoms with Crippen LogP contribution < -0.4 is 11.1 Å². The highest BCUT2D eigenvalue weighted by atomic mass is 16.5. The number of esters is 1. The van der Waals surface area contributed by atoms with E-state index in [0.717, 1.165) is 64.2 Å². The molecule has 5 aliphatic carbocycles. The van der Waals surface area contributed by atoms with Crippen molar-refractivity contribution in [2.45, 2.75) is 144 Å². The van der Waals surface area contributed by atoms with Gasteiger partial charge >= 0.3 is 11.9 Å². The van der Waals surface area contributed by atoms with E-state index in [1.807, 2.05) is 0 Å². The van der Waals surface area contributed by atoms with Crippen molar-refractivity contribution in [3.05, 3.63) is 12.2 Å². The summed E-state index contributed by atoms with van der Waals surface area (Å²) in [6.45, 7) is 22.1. The summed E-state index contributed by atoms with van der Waals surface area (Å²) in [4.78, 5) is 38.0. The fraction of sp³-hybridized carbons (Fsp3) is 0.872. The van der Waals surface area contributed by atoms with E-state index >= 15 is 0 Å². The number of nitrogens with two attached hydrogens (primary N) is 1. The van der Waals surface area contributed by atoms with E-state index in [1.165, 1.54) is 5.57 Å². The molecule has 8 nitrogen and oxygen atoms in total. The topological polar surface area (TPSA) is 139 Å². The van der Waals surface area contributed by atoms with Crippen molar-refractivity contribution < 1.29 is 29.3 Å². The summed E-state index contributed by atoms with van der Waals surface area (Å²) < 4.78 is 6.14. The first kappa shape index (κ1) is 36.4. The Balaban J connectivity index is 1.44. The minimum atomic E-state index is -1.16. The van der Waals surface area contributed by atoms with Gasteiger partial charge in [-0.1, -0.05) is 46.8 Å². The number of fused-ring (bicyclic) bond motifs is 7. The van der Waals surface area contributed by atoms with E-state index in [4.69, 9.17) is 10.5 Å². The molecule has 0 bridgehead atoms. The average Bonchev–Trinajstić information content (AvgIpc) is 3.35. The number of aliphatic hydroxyl groups is 1. The van der Waals surface area contributed by atoms with E-state index in [9.17, 15) is 24.6 Å². The van der Waals surface area contributed by atoms with Crippen molar-refractivity contribution in [1.82, 2.24) is 5.32 Å². The molecule has 0 radical (unpaired) electrons. The van der Waals surface area contributed by atoms with Gasteiger partial charge in [0.15, 0.2) is 0 Å². The number of nitrogens with one attached hydrogen (secondary N) is 1. The molecule has 10 atom stereocenters. The number of carbonyl (C=O) groups excluding carboxylic acids is 2. The maximum Gasteiger partial charge on any atom is 0.309 e. The van der Waals surface area contributed by atoms with E-state index < -0.39 is 22.9 Å².